The lowest BCUT2D eigenvalue weighted by atomic mass is 10.2. The molecule has 8 heteroatoms. The van der Waals surface area contributed by atoms with Crippen molar-refractivity contribution in [2.45, 2.75) is 6.10 Å². The number of ether oxygens (including phenoxy) is 1. The van der Waals surface area contributed by atoms with Crippen LogP contribution in [0.3, 0.4) is 0 Å². The molecule has 0 bridgehead atoms. The molecule has 0 saturated carbocycles. The Kier molecular flexibility index (Phi) is 4.27. The Morgan fingerprint density at radius 2 is 2.14 bits per heavy atom. The highest BCUT2D eigenvalue weighted by Gasteiger charge is 2.31. The van der Waals surface area contributed by atoms with E-state index in [0.29, 0.717) is 21.5 Å². The van der Waals surface area contributed by atoms with Gasteiger partial charge < -0.3 is 14.7 Å². The van der Waals surface area contributed by atoms with Crippen LogP contribution in [0.4, 0.5) is 0 Å². The van der Waals surface area contributed by atoms with Gasteiger partial charge in [-0.3, -0.25) is 4.79 Å². The number of morpholine rings is 1. The van der Waals surface area contributed by atoms with Gasteiger partial charge in [-0.2, -0.15) is 0 Å². The topological polar surface area (TPSA) is 66.8 Å². The molecule has 0 aliphatic carbocycles. The molecule has 1 N–H and O–H groups in total. The van der Waals surface area contributed by atoms with Crippen molar-refractivity contribution in [2.24, 2.45) is 0 Å². The first-order valence-electron chi connectivity index (χ1n) is 6.48. The zero-order valence-corrected chi connectivity index (χ0v) is 13.5. The number of rotatable bonds is 2. The summed E-state index contributed by atoms with van der Waals surface area (Å²) >= 11 is 13.5. The molecule has 116 valence electrons. The van der Waals surface area contributed by atoms with Crippen LogP contribution >= 0.6 is 34.5 Å². The Balaban J connectivity index is 1.91. The fourth-order valence-electron chi connectivity index (χ4n) is 2.30. The van der Waals surface area contributed by atoms with Gasteiger partial charge in [0.05, 0.1) is 18.2 Å². The van der Waals surface area contributed by atoms with Gasteiger partial charge in [-0.05, 0) is 12.1 Å². The van der Waals surface area contributed by atoms with E-state index in [4.69, 9.17) is 33.0 Å². The molecular formula is C14H11Cl2NO4S. The minimum atomic E-state index is -1.08. The molecule has 1 fully saturated rings. The number of carboxylic acids is 1. The number of benzene rings is 1. The zero-order chi connectivity index (χ0) is 15.9. The largest absolute Gasteiger partial charge is 0.479 e. The van der Waals surface area contributed by atoms with Crippen molar-refractivity contribution in [3.05, 3.63) is 33.1 Å². The lowest BCUT2D eigenvalue weighted by molar-refractivity contribution is -0.154. The van der Waals surface area contributed by atoms with Crippen molar-refractivity contribution in [1.29, 1.82) is 0 Å². The second kappa shape index (κ2) is 6.04. The number of nitrogens with zero attached hydrogens (tertiary/aromatic N) is 1. The third-order valence-corrected chi connectivity index (χ3v) is 5.30. The molecule has 1 saturated heterocycles. The second-order valence-electron chi connectivity index (χ2n) is 4.83. The SMILES string of the molecule is O=C(O)C1CN(C(=O)c2sc3cc(Cl)ccc3c2Cl)CCO1. The van der Waals surface area contributed by atoms with Crippen molar-refractivity contribution in [3.8, 4) is 0 Å². The van der Waals surface area contributed by atoms with Crippen LogP contribution in [0.2, 0.25) is 10.0 Å². The standard InChI is InChI=1S/C14H11Cl2NO4S/c15-7-1-2-8-10(5-7)22-12(11(8)16)13(18)17-3-4-21-9(6-17)14(19)20/h1-2,5,9H,3-4,6H2,(H,19,20). The molecule has 1 atom stereocenters. The minimum absolute atomic E-state index is 0.0134. The molecule has 2 heterocycles. The average Bonchev–Trinajstić information content (AvgIpc) is 2.83. The third-order valence-electron chi connectivity index (χ3n) is 3.41. The molecule has 1 amide bonds. The van der Waals surface area contributed by atoms with Gasteiger partial charge in [0.1, 0.15) is 4.88 Å². The number of hydrogen-bond acceptors (Lipinski definition) is 4. The number of hydrogen-bond donors (Lipinski definition) is 1. The summed E-state index contributed by atoms with van der Waals surface area (Å²) < 4.78 is 5.94. The molecule has 22 heavy (non-hydrogen) atoms. The van der Waals surface area contributed by atoms with Crippen LogP contribution in [-0.2, 0) is 9.53 Å². The van der Waals surface area contributed by atoms with Gasteiger partial charge >= 0.3 is 5.97 Å². The number of amides is 1. The van der Waals surface area contributed by atoms with Crippen molar-refractivity contribution >= 4 is 56.5 Å². The number of fused-ring (bicyclic) bond motifs is 1. The van der Waals surface area contributed by atoms with Crippen LogP contribution < -0.4 is 0 Å². The molecule has 2 aromatic rings. The lowest BCUT2D eigenvalue weighted by Gasteiger charge is -2.30. The second-order valence-corrected chi connectivity index (χ2v) is 6.70. The van der Waals surface area contributed by atoms with Crippen LogP contribution in [-0.4, -0.2) is 47.7 Å². The van der Waals surface area contributed by atoms with Crippen molar-refractivity contribution < 1.29 is 19.4 Å². The van der Waals surface area contributed by atoms with Gasteiger partial charge in [0.15, 0.2) is 6.10 Å². The number of thiophene rings is 1. The predicted octanol–water partition coefficient (Wildman–Crippen LogP) is 3.13. The highest BCUT2D eigenvalue weighted by molar-refractivity contribution is 7.21. The van der Waals surface area contributed by atoms with Crippen molar-refractivity contribution in [1.82, 2.24) is 4.90 Å². The Morgan fingerprint density at radius 1 is 1.36 bits per heavy atom. The van der Waals surface area contributed by atoms with Crippen LogP contribution in [0.25, 0.3) is 10.1 Å². The summed E-state index contributed by atoms with van der Waals surface area (Å²) in [5.74, 6) is -1.36. The van der Waals surface area contributed by atoms with Crippen LogP contribution in [0.15, 0.2) is 18.2 Å². The molecule has 5 nitrogen and oxygen atoms in total. The number of carbonyl (C=O) groups is 2. The molecular weight excluding hydrogens is 349 g/mol. The molecule has 1 unspecified atom stereocenters. The van der Waals surface area contributed by atoms with Gasteiger partial charge in [0, 0.05) is 21.7 Å². The summed E-state index contributed by atoms with van der Waals surface area (Å²) in [6, 6.07) is 5.24. The predicted molar refractivity (Wildman–Crippen MR) is 85.1 cm³/mol. The maximum Gasteiger partial charge on any atom is 0.334 e. The van der Waals surface area contributed by atoms with E-state index >= 15 is 0 Å². The van der Waals surface area contributed by atoms with Crippen LogP contribution in [0.5, 0.6) is 0 Å². The van der Waals surface area contributed by atoms with E-state index in [1.54, 1.807) is 18.2 Å². The van der Waals surface area contributed by atoms with E-state index in [-0.39, 0.29) is 19.1 Å². The third kappa shape index (κ3) is 2.79. The maximum atomic E-state index is 12.6. The quantitative estimate of drug-likeness (QED) is 0.894. The first kappa shape index (κ1) is 15.6. The fraction of sp³-hybridized carbons (Fsp3) is 0.286. The van der Waals surface area contributed by atoms with E-state index in [0.717, 1.165) is 10.1 Å². The number of aliphatic carboxylic acids is 1. The Hall–Kier alpha value is -1.34. The highest BCUT2D eigenvalue weighted by atomic mass is 35.5. The Labute approximate surface area is 140 Å². The van der Waals surface area contributed by atoms with Crippen LogP contribution in [0, 0.1) is 0 Å². The maximum absolute atomic E-state index is 12.6. The van der Waals surface area contributed by atoms with Gasteiger partial charge in [-0.15, -0.1) is 11.3 Å². The molecule has 0 spiro atoms. The van der Waals surface area contributed by atoms with Crippen LogP contribution in [0.1, 0.15) is 9.67 Å². The Bertz CT molecular complexity index is 761. The summed E-state index contributed by atoms with van der Waals surface area (Å²) in [5.41, 5.74) is 0. The summed E-state index contributed by atoms with van der Waals surface area (Å²) in [6.07, 6.45) is -1.000. The summed E-state index contributed by atoms with van der Waals surface area (Å²) in [7, 11) is 0. The number of halogens is 2. The summed E-state index contributed by atoms with van der Waals surface area (Å²) in [6.45, 7) is 0.546. The van der Waals surface area contributed by atoms with Crippen molar-refractivity contribution in [3.63, 3.8) is 0 Å². The molecule has 0 radical (unpaired) electrons. The normalized spacial score (nSPS) is 18.6. The van der Waals surface area contributed by atoms with E-state index < -0.39 is 12.1 Å². The summed E-state index contributed by atoms with van der Waals surface area (Å²) in [4.78, 5) is 25.5. The van der Waals surface area contributed by atoms with E-state index in [2.05, 4.69) is 0 Å². The smallest absolute Gasteiger partial charge is 0.334 e. The monoisotopic (exact) mass is 359 g/mol. The number of carboxylic acid groups (broad SMARTS) is 1. The van der Waals surface area contributed by atoms with Gasteiger partial charge in [-0.1, -0.05) is 29.3 Å². The van der Waals surface area contributed by atoms with Gasteiger partial charge in [0.25, 0.3) is 5.91 Å². The molecule has 3 rings (SSSR count). The fourth-order valence-corrected chi connectivity index (χ4v) is 4.06. The van der Waals surface area contributed by atoms with Gasteiger partial charge in [-0.25, -0.2) is 4.79 Å². The van der Waals surface area contributed by atoms with Gasteiger partial charge in [0.2, 0.25) is 0 Å². The summed E-state index contributed by atoms with van der Waals surface area (Å²) in [5, 5.41) is 10.7. The van der Waals surface area contributed by atoms with E-state index in [9.17, 15) is 9.59 Å². The van der Waals surface area contributed by atoms with E-state index in [1.807, 2.05) is 0 Å². The molecule has 1 aliphatic heterocycles. The lowest BCUT2D eigenvalue weighted by Crippen LogP contribution is -2.48. The Morgan fingerprint density at radius 3 is 2.86 bits per heavy atom. The van der Waals surface area contributed by atoms with Crippen molar-refractivity contribution in [2.75, 3.05) is 19.7 Å². The average molecular weight is 360 g/mol. The first-order valence-corrected chi connectivity index (χ1v) is 8.06. The molecule has 1 aromatic carbocycles. The van der Waals surface area contributed by atoms with E-state index in [1.165, 1.54) is 16.2 Å². The number of carbonyl (C=O) groups excluding carboxylic acids is 1. The minimum Gasteiger partial charge on any atom is -0.479 e. The molecule has 1 aliphatic rings. The first-order chi connectivity index (χ1) is 10.5. The zero-order valence-electron chi connectivity index (χ0n) is 11.2. The molecule has 1 aromatic heterocycles. The highest BCUT2D eigenvalue weighted by Crippen LogP contribution is 2.37.